The molecule has 1 aromatic carbocycles. The highest BCUT2D eigenvalue weighted by Crippen LogP contribution is 2.07. The van der Waals surface area contributed by atoms with E-state index < -0.39 is 0 Å². The van der Waals surface area contributed by atoms with Crippen LogP contribution in [0.3, 0.4) is 0 Å². The van der Waals surface area contributed by atoms with Gasteiger partial charge in [-0.05, 0) is 18.9 Å². The normalized spacial score (nSPS) is 11.6. The molecule has 11 heavy (non-hydrogen) atoms. The van der Waals surface area contributed by atoms with Crippen molar-refractivity contribution in [2.75, 3.05) is 0 Å². The zero-order chi connectivity index (χ0) is 8.10. The Kier molecular flexibility index (Phi) is 3.18. The van der Waals surface area contributed by atoms with Gasteiger partial charge < -0.3 is 0 Å². The topological polar surface area (TPSA) is 0 Å². The quantitative estimate of drug-likeness (QED) is 0.632. The zero-order valence-corrected chi connectivity index (χ0v) is 7.31. The van der Waals surface area contributed by atoms with E-state index in [1.54, 1.807) is 5.54 Å². The first kappa shape index (κ1) is 8.35. The maximum absolute atomic E-state index is 5.54. The Morgan fingerprint density at radius 3 is 2.55 bits per heavy atom. The van der Waals surface area contributed by atoms with Crippen LogP contribution in [0.4, 0.5) is 0 Å². The van der Waals surface area contributed by atoms with Gasteiger partial charge in [0.2, 0.25) is 0 Å². The van der Waals surface area contributed by atoms with Crippen LogP contribution >= 0.6 is 11.6 Å². The molecule has 0 unspecified atom stereocenters. The van der Waals surface area contributed by atoms with E-state index in [0.717, 1.165) is 6.42 Å². The Morgan fingerprint density at radius 1 is 1.36 bits per heavy atom. The summed E-state index contributed by atoms with van der Waals surface area (Å²) in [5.74, 6) is 0. The monoisotopic (exact) mass is 166 g/mol. The van der Waals surface area contributed by atoms with Crippen molar-refractivity contribution in [1.82, 2.24) is 0 Å². The maximum Gasteiger partial charge on any atom is 0.00350 e. The Morgan fingerprint density at radius 2 is 2.00 bits per heavy atom. The second-order valence-corrected chi connectivity index (χ2v) is 2.84. The van der Waals surface area contributed by atoms with Gasteiger partial charge in [0, 0.05) is 5.54 Å². The fourth-order valence-electron chi connectivity index (χ4n) is 0.956. The van der Waals surface area contributed by atoms with Crippen molar-refractivity contribution < 1.29 is 0 Å². The summed E-state index contributed by atoms with van der Waals surface area (Å²) in [6.45, 7) is 2.03. The van der Waals surface area contributed by atoms with Gasteiger partial charge in [-0.25, -0.2) is 0 Å². The second-order valence-electron chi connectivity index (χ2n) is 2.62. The number of benzene rings is 1. The van der Waals surface area contributed by atoms with Crippen LogP contribution in [0.2, 0.25) is 0 Å². The van der Waals surface area contributed by atoms with Gasteiger partial charge in [-0.1, -0.05) is 47.5 Å². The van der Waals surface area contributed by atoms with Crippen LogP contribution in [-0.4, -0.2) is 0 Å². The first-order valence-electron chi connectivity index (χ1n) is 3.62. The molecular weight excluding hydrogens is 156 g/mol. The van der Waals surface area contributed by atoms with E-state index in [0.29, 0.717) is 0 Å². The molecule has 0 atom stereocenters. The van der Waals surface area contributed by atoms with Crippen molar-refractivity contribution in [3.05, 3.63) is 47.0 Å². The summed E-state index contributed by atoms with van der Waals surface area (Å²) in [5.41, 5.74) is 4.13. The Hall–Kier alpha value is -0.750. The average Bonchev–Trinajstić information content (AvgIpc) is 2.06. The highest BCUT2D eigenvalue weighted by molar-refractivity contribution is 6.25. The third kappa shape index (κ3) is 2.77. The van der Waals surface area contributed by atoms with Gasteiger partial charge in [-0.3, -0.25) is 0 Å². The third-order valence-electron chi connectivity index (χ3n) is 1.51. The maximum atomic E-state index is 5.54. The Bertz CT molecular complexity index is 236. The highest BCUT2D eigenvalue weighted by atomic mass is 35.5. The van der Waals surface area contributed by atoms with Gasteiger partial charge in [0.1, 0.15) is 0 Å². The second kappa shape index (κ2) is 4.20. The standard InChI is InChI=1S/C10H11Cl/c1-9(8-11)7-10-5-3-2-4-6-10/h2-6,8H,7H2,1H3/b9-8+. The fraction of sp³-hybridized carbons (Fsp3) is 0.200. The van der Waals surface area contributed by atoms with E-state index in [4.69, 9.17) is 11.6 Å². The predicted octanol–water partition coefficient (Wildman–Crippen LogP) is 3.37. The summed E-state index contributed by atoms with van der Waals surface area (Å²) in [6, 6.07) is 10.3. The molecule has 0 fully saturated rings. The van der Waals surface area contributed by atoms with E-state index in [2.05, 4.69) is 12.1 Å². The lowest BCUT2D eigenvalue weighted by molar-refractivity contribution is 1.15. The van der Waals surface area contributed by atoms with E-state index >= 15 is 0 Å². The molecule has 1 aromatic rings. The minimum absolute atomic E-state index is 0.949. The smallest absolute Gasteiger partial charge is 0.00350 e. The molecule has 0 aromatic heterocycles. The molecule has 58 valence electrons. The summed E-state index contributed by atoms with van der Waals surface area (Å²) < 4.78 is 0. The lowest BCUT2D eigenvalue weighted by atomic mass is 10.1. The lowest BCUT2D eigenvalue weighted by Gasteiger charge is -1.98. The summed E-state index contributed by atoms with van der Waals surface area (Å²) in [5, 5.41) is 0. The van der Waals surface area contributed by atoms with Gasteiger partial charge in [0.05, 0.1) is 0 Å². The van der Waals surface area contributed by atoms with Crippen molar-refractivity contribution in [3.8, 4) is 0 Å². The summed E-state index contributed by atoms with van der Waals surface area (Å²) in [7, 11) is 0. The summed E-state index contributed by atoms with van der Waals surface area (Å²) >= 11 is 5.54. The number of halogens is 1. The summed E-state index contributed by atoms with van der Waals surface area (Å²) in [6.07, 6.45) is 0.949. The first-order chi connectivity index (χ1) is 5.33. The van der Waals surface area contributed by atoms with Crippen molar-refractivity contribution in [1.29, 1.82) is 0 Å². The molecule has 0 nitrogen and oxygen atoms in total. The predicted molar refractivity (Wildman–Crippen MR) is 49.8 cm³/mol. The zero-order valence-electron chi connectivity index (χ0n) is 6.55. The average molecular weight is 167 g/mol. The van der Waals surface area contributed by atoms with Crippen LogP contribution < -0.4 is 0 Å². The molecule has 1 rings (SSSR count). The van der Waals surface area contributed by atoms with E-state index in [-0.39, 0.29) is 0 Å². The molecule has 0 N–H and O–H groups in total. The van der Waals surface area contributed by atoms with Gasteiger partial charge in [0.25, 0.3) is 0 Å². The number of rotatable bonds is 2. The molecule has 0 heterocycles. The van der Waals surface area contributed by atoms with E-state index in [1.165, 1.54) is 11.1 Å². The summed E-state index contributed by atoms with van der Waals surface area (Å²) in [4.78, 5) is 0. The Balaban J connectivity index is 2.65. The molecular formula is C10H11Cl. The first-order valence-corrected chi connectivity index (χ1v) is 4.06. The molecule has 0 spiro atoms. The van der Waals surface area contributed by atoms with Crippen molar-refractivity contribution in [2.24, 2.45) is 0 Å². The van der Waals surface area contributed by atoms with Crippen LogP contribution in [-0.2, 0) is 6.42 Å². The van der Waals surface area contributed by atoms with Gasteiger partial charge in [0.15, 0.2) is 0 Å². The van der Waals surface area contributed by atoms with Gasteiger partial charge in [-0.2, -0.15) is 0 Å². The van der Waals surface area contributed by atoms with E-state index in [1.807, 2.05) is 25.1 Å². The van der Waals surface area contributed by atoms with Crippen LogP contribution in [0.15, 0.2) is 41.4 Å². The number of allylic oxidation sites excluding steroid dienone is 1. The minimum Gasteiger partial charge on any atom is -0.0930 e. The molecule has 0 saturated carbocycles. The fourth-order valence-corrected chi connectivity index (χ4v) is 1.03. The van der Waals surface area contributed by atoms with Crippen LogP contribution in [0, 0.1) is 0 Å². The molecule has 0 aliphatic carbocycles. The lowest BCUT2D eigenvalue weighted by Crippen LogP contribution is -1.83. The van der Waals surface area contributed by atoms with Gasteiger partial charge in [-0.15, -0.1) is 0 Å². The SMILES string of the molecule is C/C(=C\Cl)Cc1ccccc1. The third-order valence-corrected chi connectivity index (χ3v) is 1.88. The number of hydrogen-bond acceptors (Lipinski definition) is 0. The molecule has 0 radical (unpaired) electrons. The molecule has 0 aliphatic heterocycles. The van der Waals surface area contributed by atoms with Crippen molar-refractivity contribution in [3.63, 3.8) is 0 Å². The molecule has 1 heteroatoms. The molecule has 0 bridgehead atoms. The molecule has 0 aliphatic rings. The number of hydrogen-bond donors (Lipinski definition) is 0. The van der Waals surface area contributed by atoms with Crippen molar-refractivity contribution in [2.45, 2.75) is 13.3 Å². The molecule has 0 saturated heterocycles. The van der Waals surface area contributed by atoms with E-state index in [9.17, 15) is 0 Å². The van der Waals surface area contributed by atoms with Gasteiger partial charge >= 0.3 is 0 Å². The largest absolute Gasteiger partial charge is 0.0930 e. The van der Waals surface area contributed by atoms with Crippen LogP contribution in [0.5, 0.6) is 0 Å². The van der Waals surface area contributed by atoms with Crippen LogP contribution in [0.25, 0.3) is 0 Å². The van der Waals surface area contributed by atoms with Crippen molar-refractivity contribution >= 4 is 11.6 Å². The minimum atomic E-state index is 0.949. The highest BCUT2D eigenvalue weighted by Gasteiger charge is 1.91. The Labute approximate surface area is 72.5 Å². The van der Waals surface area contributed by atoms with Crippen LogP contribution in [0.1, 0.15) is 12.5 Å². The molecule has 0 amide bonds.